The fourth-order valence-electron chi connectivity index (χ4n) is 1.81. The molecule has 0 aliphatic heterocycles. The number of nitro benzene ring substituents is 1. The van der Waals surface area contributed by atoms with Gasteiger partial charge >= 0.3 is 5.97 Å². The molecule has 0 aliphatic carbocycles. The summed E-state index contributed by atoms with van der Waals surface area (Å²) in [5.74, 6) is -1.05. The largest absolute Gasteiger partial charge is 0.478 e. The Morgan fingerprint density at radius 1 is 1.55 bits per heavy atom. The predicted molar refractivity (Wildman–Crippen MR) is 73.8 cm³/mol. The van der Waals surface area contributed by atoms with Crippen LogP contribution in [0, 0.1) is 17.0 Å². The van der Waals surface area contributed by atoms with Gasteiger partial charge in [0.2, 0.25) is 0 Å². The summed E-state index contributed by atoms with van der Waals surface area (Å²) in [5, 5.41) is 23.8. The summed E-state index contributed by atoms with van der Waals surface area (Å²) in [6, 6.07) is 4.69. The van der Waals surface area contributed by atoms with Gasteiger partial charge < -0.3 is 5.11 Å². The molecule has 0 amide bonds. The molecule has 0 saturated heterocycles. The van der Waals surface area contributed by atoms with E-state index in [0.29, 0.717) is 15.7 Å². The first kappa shape index (κ1) is 14.2. The van der Waals surface area contributed by atoms with Crippen molar-refractivity contribution in [1.29, 1.82) is 0 Å². The quantitative estimate of drug-likeness (QED) is 0.681. The fourth-order valence-corrected chi connectivity index (χ4v) is 2.34. The van der Waals surface area contributed by atoms with Gasteiger partial charge in [0, 0.05) is 6.07 Å². The number of carboxylic acid groups (broad SMARTS) is 1. The van der Waals surface area contributed by atoms with Crippen molar-refractivity contribution in [1.82, 2.24) is 9.78 Å². The maximum atomic E-state index is 10.9. The van der Waals surface area contributed by atoms with E-state index in [-0.39, 0.29) is 17.8 Å². The summed E-state index contributed by atoms with van der Waals surface area (Å²) < 4.78 is 1.87. The van der Waals surface area contributed by atoms with Gasteiger partial charge in [0.05, 0.1) is 23.4 Å². The molecule has 0 saturated carbocycles. The van der Waals surface area contributed by atoms with Gasteiger partial charge in [-0.05, 0) is 28.4 Å². The number of hydrogen-bond acceptors (Lipinski definition) is 4. The number of rotatable bonds is 4. The molecule has 104 valence electrons. The summed E-state index contributed by atoms with van der Waals surface area (Å²) in [5.41, 5.74) is 1.23. The van der Waals surface area contributed by atoms with Crippen LogP contribution in [0.3, 0.4) is 0 Å². The van der Waals surface area contributed by atoms with Gasteiger partial charge in [-0.2, -0.15) is 5.10 Å². The maximum absolute atomic E-state index is 10.9. The second-order valence-electron chi connectivity index (χ2n) is 4.11. The maximum Gasteiger partial charge on any atom is 0.339 e. The highest BCUT2D eigenvalue weighted by Crippen LogP contribution is 2.29. The van der Waals surface area contributed by atoms with Crippen LogP contribution in [-0.2, 0) is 6.54 Å². The molecule has 0 bridgehead atoms. The van der Waals surface area contributed by atoms with Crippen LogP contribution >= 0.6 is 15.9 Å². The van der Waals surface area contributed by atoms with Gasteiger partial charge in [-0.1, -0.05) is 12.1 Å². The van der Waals surface area contributed by atoms with Crippen molar-refractivity contribution >= 4 is 27.6 Å². The Hall–Kier alpha value is -2.22. The lowest BCUT2D eigenvalue weighted by Crippen LogP contribution is -2.07. The molecule has 0 spiro atoms. The fraction of sp³-hybridized carbons (Fsp3) is 0.167. The molecular formula is C12H10BrN3O4. The van der Waals surface area contributed by atoms with Crippen LogP contribution in [0.25, 0.3) is 0 Å². The van der Waals surface area contributed by atoms with Gasteiger partial charge in [-0.15, -0.1) is 0 Å². The number of carbonyl (C=O) groups is 1. The highest BCUT2D eigenvalue weighted by Gasteiger charge is 2.17. The predicted octanol–water partition coefficient (Wildman–Crippen LogP) is 2.61. The molecule has 1 N–H and O–H groups in total. The highest BCUT2D eigenvalue weighted by molar-refractivity contribution is 9.10. The summed E-state index contributed by atoms with van der Waals surface area (Å²) in [6.07, 6.45) is 1.27. The van der Waals surface area contributed by atoms with Crippen LogP contribution in [0.4, 0.5) is 5.69 Å². The Labute approximate surface area is 122 Å². The lowest BCUT2D eigenvalue weighted by atomic mass is 10.2. The topological polar surface area (TPSA) is 98.3 Å². The van der Waals surface area contributed by atoms with E-state index >= 15 is 0 Å². The zero-order chi connectivity index (χ0) is 14.9. The van der Waals surface area contributed by atoms with Crippen LogP contribution in [0.15, 0.2) is 28.9 Å². The van der Waals surface area contributed by atoms with Crippen molar-refractivity contribution in [3.8, 4) is 0 Å². The number of carboxylic acids is 1. The number of nitro groups is 1. The van der Waals surface area contributed by atoms with Crippen LogP contribution < -0.4 is 0 Å². The van der Waals surface area contributed by atoms with Crippen molar-refractivity contribution in [2.75, 3.05) is 0 Å². The third-order valence-electron chi connectivity index (χ3n) is 2.91. The SMILES string of the molecule is Cc1c(C(=O)O)cnn1Cc1cccc([N+](=O)[O-])c1Br. The Balaban J connectivity index is 2.38. The molecule has 0 atom stereocenters. The number of halogens is 1. The second-order valence-corrected chi connectivity index (χ2v) is 4.91. The van der Waals surface area contributed by atoms with E-state index in [1.165, 1.54) is 16.9 Å². The lowest BCUT2D eigenvalue weighted by Gasteiger charge is -2.07. The smallest absolute Gasteiger partial charge is 0.339 e. The van der Waals surface area contributed by atoms with Gasteiger partial charge in [0.1, 0.15) is 10.0 Å². The normalized spacial score (nSPS) is 10.5. The van der Waals surface area contributed by atoms with E-state index in [0.717, 1.165) is 0 Å². The molecule has 8 heteroatoms. The molecule has 1 aromatic heterocycles. The highest BCUT2D eigenvalue weighted by atomic mass is 79.9. The third kappa shape index (κ3) is 2.55. The van der Waals surface area contributed by atoms with Gasteiger partial charge in [-0.3, -0.25) is 14.8 Å². The third-order valence-corrected chi connectivity index (χ3v) is 3.82. The van der Waals surface area contributed by atoms with Gasteiger partial charge in [0.25, 0.3) is 5.69 Å². The average molecular weight is 340 g/mol. The minimum atomic E-state index is -1.05. The molecule has 1 aromatic carbocycles. The number of benzene rings is 1. The van der Waals surface area contributed by atoms with E-state index in [9.17, 15) is 14.9 Å². The summed E-state index contributed by atoms with van der Waals surface area (Å²) in [6.45, 7) is 1.89. The van der Waals surface area contributed by atoms with Crippen LogP contribution in [0.1, 0.15) is 21.6 Å². The zero-order valence-electron chi connectivity index (χ0n) is 10.4. The minimum Gasteiger partial charge on any atom is -0.478 e. The van der Waals surface area contributed by atoms with E-state index < -0.39 is 10.9 Å². The summed E-state index contributed by atoms with van der Waals surface area (Å²) in [4.78, 5) is 21.3. The van der Waals surface area contributed by atoms with Crippen molar-refractivity contribution in [3.05, 3.63) is 55.8 Å². The summed E-state index contributed by atoms with van der Waals surface area (Å²) in [7, 11) is 0. The van der Waals surface area contributed by atoms with Crippen molar-refractivity contribution in [2.45, 2.75) is 13.5 Å². The summed E-state index contributed by atoms with van der Waals surface area (Å²) >= 11 is 3.20. The van der Waals surface area contributed by atoms with Gasteiger partial charge in [-0.25, -0.2) is 4.79 Å². The molecule has 7 nitrogen and oxygen atoms in total. The van der Waals surface area contributed by atoms with Crippen LogP contribution in [0.5, 0.6) is 0 Å². The van der Waals surface area contributed by atoms with E-state index in [1.54, 1.807) is 19.1 Å². The average Bonchev–Trinajstić information content (AvgIpc) is 2.73. The van der Waals surface area contributed by atoms with Gasteiger partial charge in [0.15, 0.2) is 0 Å². The van der Waals surface area contributed by atoms with Crippen molar-refractivity contribution in [3.63, 3.8) is 0 Å². The van der Waals surface area contributed by atoms with Crippen molar-refractivity contribution < 1.29 is 14.8 Å². The van der Waals surface area contributed by atoms with E-state index in [4.69, 9.17) is 5.11 Å². The van der Waals surface area contributed by atoms with E-state index in [2.05, 4.69) is 21.0 Å². The number of nitrogens with zero attached hydrogens (tertiary/aromatic N) is 3. The standard InChI is InChI=1S/C12H10BrN3O4/c1-7-9(12(17)18)5-14-15(7)6-8-3-2-4-10(11(8)13)16(19)20/h2-5H,6H2,1H3,(H,17,18). The first-order valence-corrected chi connectivity index (χ1v) is 6.38. The Morgan fingerprint density at radius 2 is 2.25 bits per heavy atom. The second kappa shape index (κ2) is 5.41. The Bertz CT molecular complexity index is 696. The molecule has 2 aromatic rings. The number of aromatic nitrogens is 2. The number of aromatic carboxylic acids is 1. The van der Waals surface area contributed by atoms with Crippen LogP contribution in [0.2, 0.25) is 0 Å². The molecular weight excluding hydrogens is 330 g/mol. The Morgan fingerprint density at radius 3 is 2.80 bits per heavy atom. The molecule has 0 fully saturated rings. The molecule has 0 unspecified atom stereocenters. The first-order valence-electron chi connectivity index (χ1n) is 5.59. The monoisotopic (exact) mass is 339 g/mol. The number of hydrogen-bond donors (Lipinski definition) is 1. The zero-order valence-corrected chi connectivity index (χ0v) is 12.0. The first-order chi connectivity index (χ1) is 9.41. The molecule has 2 rings (SSSR count). The lowest BCUT2D eigenvalue weighted by molar-refractivity contribution is -0.385. The Kier molecular flexibility index (Phi) is 3.84. The molecule has 1 heterocycles. The molecule has 0 aliphatic rings. The van der Waals surface area contributed by atoms with Crippen LogP contribution in [-0.4, -0.2) is 25.8 Å². The molecule has 0 radical (unpaired) electrons. The minimum absolute atomic E-state index is 0.0363. The van der Waals surface area contributed by atoms with E-state index in [1.807, 2.05) is 0 Å². The van der Waals surface area contributed by atoms with Crippen molar-refractivity contribution in [2.24, 2.45) is 0 Å². The molecule has 20 heavy (non-hydrogen) atoms.